The molecule has 0 saturated heterocycles. The first-order valence-electron chi connectivity index (χ1n) is 2.05. The molecule has 1 aliphatic rings. The topological polar surface area (TPSA) is 26.3 Å². The summed E-state index contributed by atoms with van der Waals surface area (Å²) < 4.78 is 15.2. The fraction of sp³-hybridized carbons (Fsp3) is 0.500. The van der Waals surface area contributed by atoms with Gasteiger partial charge in [-0.1, -0.05) is 0 Å². The SMILES string of the molecule is O=S1C=COCC1. The van der Waals surface area contributed by atoms with Crippen molar-refractivity contribution in [2.75, 3.05) is 12.4 Å². The Bertz CT molecular complexity index is 108. The third-order valence-electron chi connectivity index (χ3n) is 0.706. The van der Waals surface area contributed by atoms with Gasteiger partial charge in [-0.05, 0) is 0 Å². The number of ether oxygens (including phenoxy) is 1. The van der Waals surface area contributed by atoms with Gasteiger partial charge in [-0.3, -0.25) is 4.21 Å². The summed E-state index contributed by atoms with van der Waals surface area (Å²) in [5.41, 5.74) is 0. The normalized spacial score (nSPS) is 29.4. The largest absolute Gasteiger partial charge is 0.500 e. The molecule has 0 fully saturated rings. The average molecular weight is 118 g/mol. The van der Waals surface area contributed by atoms with Crippen LogP contribution in [0.2, 0.25) is 0 Å². The molecule has 1 aliphatic heterocycles. The summed E-state index contributed by atoms with van der Waals surface area (Å²) in [6, 6.07) is 0. The van der Waals surface area contributed by atoms with Crippen LogP contribution >= 0.6 is 0 Å². The molecule has 0 N–H and O–H groups in total. The van der Waals surface area contributed by atoms with Crippen LogP contribution in [0.15, 0.2) is 11.7 Å². The lowest BCUT2D eigenvalue weighted by Gasteiger charge is -2.02. The maximum Gasteiger partial charge on any atom is 0.0992 e. The van der Waals surface area contributed by atoms with E-state index >= 15 is 0 Å². The molecule has 0 aromatic carbocycles. The Labute approximate surface area is 44.6 Å². The Morgan fingerprint density at radius 3 is 2.86 bits per heavy atom. The van der Waals surface area contributed by atoms with Crippen LogP contribution in [-0.4, -0.2) is 16.6 Å². The van der Waals surface area contributed by atoms with Crippen LogP contribution in [0, 0.1) is 0 Å². The molecule has 7 heavy (non-hydrogen) atoms. The van der Waals surface area contributed by atoms with Gasteiger partial charge in [0, 0.05) is 5.41 Å². The molecule has 0 aromatic rings. The van der Waals surface area contributed by atoms with Crippen molar-refractivity contribution < 1.29 is 8.95 Å². The van der Waals surface area contributed by atoms with E-state index in [0.717, 1.165) is 0 Å². The van der Waals surface area contributed by atoms with Crippen LogP contribution in [0.3, 0.4) is 0 Å². The number of rotatable bonds is 0. The summed E-state index contributed by atoms with van der Waals surface area (Å²) in [6.45, 7) is 0.600. The van der Waals surface area contributed by atoms with E-state index in [0.29, 0.717) is 12.4 Å². The molecule has 1 heterocycles. The molecule has 0 aromatic heterocycles. The summed E-state index contributed by atoms with van der Waals surface area (Å²) in [5, 5.41) is 1.56. The highest BCUT2D eigenvalue weighted by atomic mass is 32.2. The minimum atomic E-state index is -0.746. The van der Waals surface area contributed by atoms with E-state index in [1.807, 2.05) is 0 Å². The second-order valence-electron chi connectivity index (χ2n) is 1.23. The highest BCUT2D eigenvalue weighted by Gasteiger charge is 1.97. The van der Waals surface area contributed by atoms with E-state index in [2.05, 4.69) is 0 Å². The van der Waals surface area contributed by atoms with Gasteiger partial charge in [-0.25, -0.2) is 0 Å². The van der Waals surface area contributed by atoms with Crippen LogP contribution < -0.4 is 0 Å². The summed E-state index contributed by atoms with van der Waals surface area (Å²) in [6.07, 6.45) is 1.49. The van der Waals surface area contributed by atoms with Gasteiger partial charge in [0.25, 0.3) is 0 Å². The maximum absolute atomic E-state index is 10.4. The van der Waals surface area contributed by atoms with Crippen LogP contribution in [0.1, 0.15) is 0 Å². The standard InChI is InChI=1S/C4H6O2S/c5-7-3-1-6-2-4-7/h1,3H,2,4H2. The first-order chi connectivity index (χ1) is 3.39. The lowest BCUT2D eigenvalue weighted by atomic mass is 10.8. The Morgan fingerprint density at radius 2 is 2.57 bits per heavy atom. The van der Waals surface area contributed by atoms with E-state index in [1.54, 1.807) is 5.41 Å². The van der Waals surface area contributed by atoms with Gasteiger partial charge in [0.05, 0.1) is 29.4 Å². The molecule has 2 nitrogen and oxygen atoms in total. The molecular formula is C4H6O2S. The predicted molar refractivity (Wildman–Crippen MR) is 28.1 cm³/mol. The number of hydrogen-bond acceptors (Lipinski definition) is 2. The third kappa shape index (κ3) is 1.31. The number of hydrogen-bond donors (Lipinski definition) is 0. The zero-order valence-corrected chi connectivity index (χ0v) is 4.61. The Balaban J connectivity index is 2.51. The minimum Gasteiger partial charge on any atom is -0.500 e. The van der Waals surface area contributed by atoms with E-state index in [4.69, 9.17) is 4.74 Å². The molecule has 0 saturated carbocycles. The highest BCUT2D eigenvalue weighted by molar-refractivity contribution is 7.88. The Hall–Kier alpha value is -0.310. The van der Waals surface area contributed by atoms with Crippen molar-refractivity contribution in [3.05, 3.63) is 11.7 Å². The molecule has 0 bridgehead atoms. The fourth-order valence-electron chi connectivity index (χ4n) is 0.368. The smallest absolute Gasteiger partial charge is 0.0992 e. The zero-order valence-electron chi connectivity index (χ0n) is 3.79. The van der Waals surface area contributed by atoms with Crippen LogP contribution in [0.5, 0.6) is 0 Å². The molecule has 0 aliphatic carbocycles. The molecule has 0 radical (unpaired) electrons. The summed E-state index contributed by atoms with van der Waals surface area (Å²) in [5.74, 6) is 0.649. The zero-order chi connectivity index (χ0) is 5.11. The molecule has 0 amide bonds. The van der Waals surface area contributed by atoms with Crippen LogP contribution in [0.4, 0.5) is 0 Å². The fourth-order valence-corrected chi connectivity index (χ4v) is 0.967. The van der Waals surface area contributed by atoms with Gasteiger partial charge >= 0.3 is 0 Å². The molecule has 1 atom stereocenters. The quantitative estimate of drug-likeness (QED) is 0.455. The first-order valence-corrected chi connectivity index (χ1v) is 3.43. The highest BCUT2D eigenvalue weighted by Crippen LogP contribution is 1.93. The molecule has 0 spiro atoms. The van der Waals surface area contributed by atoms with Crippen molar-refractivity contribution in [2.45, 2.75) is 0 Å². The van der Waals surface area contributed by atoms with Gasteiger partial charge in [-0.15, -0.1) is 0 Å². The Kier molecular flexibility index (Phi) is 1.46. The third-order valence-corrected chi connectivity index (χ3v) is 1.69. The summed E-state index contributed by atoms with van der Waals surface area (Å²) in [4.78, 5) is 0. The lowest BCUT2D eigenvalue weighted by Crippen LogP contribution is -2.05. The summed E-state index contributed by atoms with van der Waals surface area (Å²) >= 11 is 0. The molecule has 1 rings (SSSR count). The van der Waals surface area contributed by atoms with Gasteiger partial charge in [0.15, 0.2) is 0 Å². The molecule has 1 unspecified atom stereocenters. The maximum atomic E-state index is 10.4. The first kappa shape index (κ1) is 4.84. The van der Waals surface area contributed by atoms with E-state index in [9.17, 15) is 4.21 Å². The molecule has 40 valence electrons. The van der Waals surface area contributed by atoms with Crippen LogP contribution in [0.25, 0.3) is 0 Å². The van der Waals surface area contributed by atoms with Crippen molar-refractivity contribution in [3.8, 4) is 0 Å². The Morgan fingerprint density at radius 1 is 1.71 bits per heavy atom. The van der Waals surface area contributed by atoms with Crippen molar-refractivity contribution in [3.63, 3.8) is 0 Å². The lowest BCUT2D eigenvalue weighted by molar-refractivity contribution is 0.269. The van der Waals surface area contributed by atoms with Crippen molar-refractivity contribution in [1.29, 1.82) is 0 Å². The van der Waals surface area contributed by atoms with Crippen molar-refractivity contribution in [1.82, 2.24) is 0 Å². The van der Waals surface area contributed by atoms with E-state index in [-0.39, 0.29) is 0 Å². The monoisotopic (exact) mass is 118 g/mol. The van der Waals surface area contributed by atoms with Crippen LogP contribution in [-0.2, 0) is 15.5 Å². The molecule has 3 heteroatoms. The van der Waals surface area contributed by atoms with E-state index < -0.39 is 10.8 Å². The van der Waals surface area contributed by atoms with E-state index in [1.165, 1.54) is 6.26 Å². The summed E-state index contributed by atoms with van der Waals surface area (Å²) in [7, 11) is -0.746. The van der Waals surface area contributed by atoms with Crippen molar-refractivity contribution >= 4 is 10.8 Å². The predicted octanol–water partition coefficient (Wildman–Crippen LogP) is 0.237. The second kappa shape index (κ2) is 2.12. The van der Waals surface area contributed by atoms with Gasteiger partial charge in [0.2, 0.25) is 0 Å². The molecular weight excluding hydrogens is 112 g/mol. The van der Waals surface area contributed by atoms with Gasteiger partial charge in [-0.2, -0.15) is 0 Å². The minimum absolute atomic E-state index is 0.600. The van der Waals surface area contributed by atoms with Gasteiger partial charge < -0.3 is 4.74 Å². The van der Waals surface area contributed by atoms with Gasteiger partial charge in [0.1, 0.15) is 0 Å². The average Bonchev–Trinajstić information content (AvgIpc) is 1.69. The second-order valence-corrected chi connectivity index (χ2v) is 2.67. The van der Waals surface area contributed by atoms with Crippen molar-refractivity contribution in [2.24, 2.45) is 0 Å².